The summed E-state index contributed by atoms with van der Waals surface area (Å²) in [4.78, 5) is 15.9. The molecule has 0 aliphatic rings. The molecule has 0 bridgehead atoms. The lowest BCUT2D eigenvalue weighted by Gasteiger charge is -2.12. The number of hydrogen-bond donors (Lipinski definition) is 1. The zero-order valence-electron chi connectivity index (χ0n) is 10.5. The Hall–Kier alpha value is -2.37. The minimum Gasteiger partial charge on any atom is -0.321 e. The number of amides is 1. The number of anilines is 1. The number of carbonyl (C=O) groups is 1. The van der Waals surface area contributed by atoms with Gasteiger partial charge < -0.3 is 5.32 Å². The summed E-state index contributed by atoms with van der Waals surface area (Å²) < 4.78 is 38.4. The Kier molecular flexibility index (Phi) is 3.74. The van der Waals surface area contributed by atoms with Crippen molar-refractivity contribution in [1.29, 1.82) is 0 Å². The number of aromatic nitrogens is 1. The van der Waals surface area contributed by atoms with Gasteiger partial charge in [0.05, 0.1) is 23.0 Å². The van der Waals surface area contributed by atoms with Crippen LogP contribution in [0.4, 0.5) is 18.9 Å². The molecule has 1 aromatic carbocycles. The van der Waals surface area contributed by atoms with Crippen LogP contribution in [0.15, 0.2) is 42.6 Å². The van der Waals surface area contributed by atoms with E-state index in [4.69, 9.17) is 0 Å². The lowest BCUT2D eigenvalue weighted by Crippen LogP contribution is -2.18. The van der Waals surface area contributed by atoms with Crippen molar-refractivity contribution in [3.63, 3.8) is 0 Å². The van der Waals surface area contributed by atoms with Gasteiger partial charge in [0.25, 0.3) is 5.91 Å². The van der Waals surface area contributed by atoms with Crippen LogP contribution < -0.4 is 5.32 Å². The van der Waals surface area contributed by atoms with E-state index < -0.39 is 23.2 Å². The van der Waals surface area contributed by atoms with Gasteiger partial charge in [0.1, 0.15) is 0 Å². The maximum absolute atomic E-state index is 12.8. The molecule has 0 spiro atoms. The summed E-state index contributed by atoms with van der Waals surface area (Å²) in [6, 6.07) is 7.88. The first-order chi connectivity index (χ1) is 9.38. The number of rotatable bonds is 2. The Morgan fingerprint density at radius 3 is 2.45 bits per heavy atom. The summed E-state index contributed by atoms with van der Waals surface area (Å²) >= 11 is 0. The minimum atomic E-state index is -4.57. The number of nitrogens with one attached hydrogen (secondary N) is 1. The third kappa shape index (κ3) is 3.14. The summed E-state index contributed by atoms with van der Waals surface area (Å²) in [5.41, 5.74) is -0.283. The molecule has 6 heteroatoms. The van der Waals surface area contributed by atoms with Crippen molar-refractivity contribution in [2.45, 2.75) is 13.1 Å². The van der Waals surface area contributed by atoms with Crippen LogP contribution in [0.3, 0.4) is 0 Å². The largest absolute Gasteiger partial charge is 0.417 e. The van der Waals surface area contributed by atoms with Gasteiger partial charge in [-0.1, -0.05) is 12.1 Å². The van der Waals surface area contributed by atoms with E-state index in [1.807, 2.05) is 0 Å². The Labute approximate surface area is 113 Å². The van der Waals surface area contributed by atoms with Crippen LogP contribution >= 0.6 is 0 Å². The second-order valence-electron chi connectivity index (χ2n) is 4.19. The van der Waals surface area contributed by atoms with Crippen molar-refractivity contribution in [1.82, 2.24) is 4.98 Å². The Bertz CT molecular complexity index is 621. The first-order valence-corrected chi connectivity index (χ1v) is 5.78. The van der Waals surface area contributed by atoms with Gasteiger partial charge >= 0.3 is 6.18 Å². The highest BCUT2D eigenvalue weighted by atomic mass is 19.4. The molecule has 0 aliphatic carbocycles. The van der Waals surface area contributed by atoms with Gasteiger partial charge in [-0.2, -0.15) is 13.2 Å². The molecule has 20 heavy (non-hydrogen) atoms. The van der Waals surface area contributed by atoms with Crippen molar-refractivity contribution >= 4 is 11.6 Å². The molecule has 0 fully saturated rings. The fraction of sp³-hybridized carbons (Fsp3) is 0.143. The maximum Gasteiger partial charge on any atom is 0.417 e. The Morgan fingerprint density at radius 1 is 1.15 bits per heavy atom. The highest BCUT2D eigenvalue weighted by Gasteiger charge is 2.34. The molecule has 0 radical (unpaired) electrons. The molecule has 3 nitrogen and oxygen atoms in total. The average Bonchev–Trinajstić information content (AvgIpc) is 2.40. The van der Waals surface area contributed by atoms with Crippen LogP contribution in [0.2, 0.25) is 0 Å². The van der Waals surface area contributed by atoms with Gasteiger partial charge in [-0.05, 0) is 31.2 Å². The van der Waals surface area contributed by atoms with E-state index in [2.05, 4.69) is 10.3 Å². The number of pyridine rings is 1. The van der Waals surface area contributed by atoms with Crippen LogP contribution in [0.25, 0.3) is 0 Å². The highest BCUT2D eigenvalue weighted by molar-refractivity contribution is 6.05. The molecular weight excluding hydrogens is 269 g/mol. The van der Waals surface area contributed by atoms with Crippen LogP contribution in [0.1, 0.15) is 21.6 Å². The lowest BCUT2D eigenvalue weighted by atomic mass is 10.1. The van der Waals surface area contributed by atoms with E-state index >= 15 is 0 Å². The van der Waals surface area contributed by atoms with Gasteiger partial charge in [0.2, 0.25) is 0 Å². The van der Waals surface area contributed by atoms with E-state index in [-0.39, 0.29) is 0 Å². The van der Waals surface area contributed by atoms with Crippen LogP contribution in [0, 0.1) is 6.92 Å². The third-order valence-corrected chi connectivity index (χ3v) is 2.65. The summed E-state index contributed by atoms with van der Waals surface area (Å²) in [7, 11) is 0. The number of aryl methyl sites for hydroxylation is 1. The van der Waals surface area contributed by atoms with Crippen molar-refractivity contribution < 1.29 is 18.0 Å². The summed E-state index contributed by atoms with van der Waals surface area (Å²) in [6.07, 6.45) is -3.18. The second kappa shape index (κ2) is 5.32. The monoisotopic (exact) mass is 280 g/mol. The molecule has 104 valence electrons. The fourth-order valence-corrected chi connectivity index (χ4v) is 1.67. The second-order valence-corrected chi connectivity index (χ2v) is 4.19. The molecule has 1 N–H and O–H groups in total. The van der Waals surface area contributed by atoms with Gasteiger partial charge in [-0.15, -0.1) is 0 Å². The van der Waals surface area contributed by atoms with Crippen molar-refractivity contribution in [3.8, 4) is 0 Å². The highest BCUT2D eigenvalue weighted by Crippen LogP contribution is 2.32. The average molecular weight is 280 g/mol. The van der Waals surface area contributed by atoms with Crippen LogP contribution in [-0.4, -0.2) is 10.9 Å². The van der Waals surface area contributed by atoms with E-state index in [1.165, 1.54) is 18.3 Å². The number of hydrogen-bond acceptors (Lipinski definition) is 2. The van der Waals surface area contributed by atoms with Crippen molar-refractivity contribution in [3.05, 3.63) is 59.4 Å². The molecule has 1 aromatic heterocycles. The molecule has 1 heterocycles. The summed E-state index contributed by atoms with van der Waals surface area (Å²) in [5.74, 6) is -0.816. The van der Waals surface area contributed by atoms with Gasteiger partial charge in [-0.3, -0.25) is 9.78 Å². The molecule has 0 saturated carbocycles. The number of benzene rings is 1. The molecule has 2 aromatic rings. The number of alkyl halides is 3. The first-order valence-electron chi connectivity index (χ1n) is 5.78. The molecule has 2 rings (SSSR count). The van der Waals surface area contributed by atoms with Crippen LogP contribution in [0.5, 0.6) is 0 Å². The summed E-state index contributed by atoms with van der Waals surface area (Å²) in [6.45, 7) is 1.77. The smallest absolute Gasteiger partial charge is 0.321 e. The Balaban J connectivity index is 2.28. The fourth-order valence-electron chi connectivity index (χ4n) is 1.67. The minimum absolute atomic E-state index is 0.345. The number of carbonyl (C=O) groups excluding carboxylic acids is 1. The van der Waals surface area contributed by atoms with Crippen LogP contribution in [-0.2, 0) is 6.18 Å². The van der Waals surface area contributed by atoms with E-state index in [0.29, 0.717) is 5.69 Å². The zero-order chi connectivity index (χ0) is 14.8. The maximum atomic E-state index is 12.8. The molecule has 1 amide bonds. The number of nitrogens with zero attached hydrogens (tertiary/aromatic N) is 1. The van der Waals surface area contributed by atoms with E-state index in [1.54, 1.807) is 19.1 Å². The van der Waals surface area contributed by atoms with Gasteiger partial charge in [0.15, 0.2) is 0 Å². The molecule has 0 saturated heterocycles. The van der Waals surface area contributed by atoms with Crippen molar-refractivity contribution in [2.24, 2.45) is 0 Å². The standard InChI is InChI=1S/C14H11F3N2O/c1-9-6-7-10(8-18-9)19-13(20)11-4-2-3-5-12(11)14(15,16)17/h2-8H,1H3,(H,19,20). The molecule has 0 unspecified atom stereocenters. The van der Waals surface area contributed by atoms with E-state index in [9.17, 15) is 18.0 Å². The van der Waals surface area contributed by atoms with Crippen molar-refractivity contribution in [2.75, 3.05) is 5.32 Å². The zero-order valence-corrected chi connectivity index (χ0v) is 10.5. The quantitative estimate of drug-likeness (QED) is 0.912. The predicted octanol–water partition coefficient (Wildman–Crippen LogP) is 3.66. The summed E-state index contributed by atoms with van der Waals surface area (Å²) in [5, 5.41) is 2.40. The van der Waals surface area contributed by atoms with Gasteiger partial charge in [-0.25, -0.2) is 0 Å². The number of halogens is 3. The molecule has 0 atom stereocenters. The lowest BCUT2D eigenvalue weighted by molar-refractivity contribution is -0.137. The normalized spacial score (nSPS) is 11.2. The van der Waals surface area contributed by atoms with E-state index in [0.717, 1.165) is 17.8 Å². The first kappa shape index (κ1) is 14.0. The van der Waals surface area contributed by atoms with Gasteiger partial charge in [0, 0.05) is 5.69 Å². The topological polar surface area (TPSA) is 42.0 Å². The molecule has 0 aliphatic heterocycles. The SMILES string of the molecule is Cc1ccc(NC(=O)c2ccccc2C(F)(F)F)cn1. The molecular formula is C14H11F3N2O. The third-order valence-electron chi connectivity index (χ3n) is 2.65. The Morgan fingerprint density at radius 2 is 1.85 bits per heavy atom. The predicted molar refractivity (Wildman–Crippen MR) is 68.4 cm³/mol.